The number of hydrogen-bond donors (Lipinski definition) is 1. The lowest BCUT2D eigenvalue weighted by Crippen LogP contribution is -2.40. The predicted molar refractivity (Wildman–Crippen MR) is 96.3 cm³/mol. The number of aliphatic carboxylic acids is 1. The zero-order valence-corrected chi connectivity index (χ0v) is 15.2. The van der Waals surface area contributed by atoms with Crippen LogP contribution in [-0.2, 0) is 4.79 Å². The lowest BCUT2D eigenvalue weighted by atomic mass is 9.93. The monoisotopic (exact) mass is 356 g/mol. The van der Waals surface area contributed by atoms with Crippen LogP contribution in [-0.4, -0.2) is 50.0 Å². The van der Waals surface area contributed by atoms with Crippen LogP contribution in [0.1, 0.15) is 47.4 Å². The topological polar surface area (TPSA) is 88.3 Å². The molecule has 0 aliphatic carbocycles. The van der Waals surface area contributed by atoms with E-state index in [9.17, 15) is 9.59 Å². The average Bonchev–Trinajstić information content (AvgIpc) is 3.02. The van der Waals surface area contributed by atoms with Crippen molar-refractivity contribution in [3.05, 3.63) is 41.2 Å². The highest BCUT2D eigenvalue weighted by atomic mass is 16.4. The molecule has 0 bridgehead atoms. The number of benzene rings is 1. The molecule has 1 saturated heterocycles. The lowest BCUT2D eigenvalue weighted by Gasteiger charge is -2.32. The molecule has 1 fully saturated rings. The molecule has 7 nitrogen and oxygen atoms in total. The minimum atomic E-state index is -0.787. The highest BCUT2D eigenvalue weighted by Gasteiger charge is 2.28. The Balaban J connectivity index is 1.73. The Morgan fingerprint density at radius 3 is 2.65 bits per heavy atom. The average molecular weight is 356 g/mol. The smallest absolute Gasteiger partial charge is 0.303 e. The number of carboxylic acid groups (broad SMARTS) is 1. The van der Waals surface area contributed by atoms with Gasteiger partial charge in [-0.1, -0.05) is 22.9 Å². The summed E-state index contributed by atoms with van der Waals surface area (Å²) in [5.41, 5.74) is 3.11. The number of carbonyl (C=O) groups is 2. The Bertz CT molecular complexity index is 798. The van der Waals surface area contributed by atoms with Crippen LogP contribution in [0, 0.1) is 19.8 Å². The van der Waals surface area contributed by atoms with Gasteiger partial charge in [0.1, 0.15) is 0 Å². The predicted octanol–water partition coefficient (Wildman–Crippen LogP) is 2.60. The molecule has 7 heteroatoms. The van der Waals surface area contributed by atoms with E-state index in [1.165, 1.54) is 0 Å². The maximum atomic E-state index is 12.9. The minimum absolute atomic E-state index is 0.124. The van der Waals surface area contributed by atoms with E-state index >= 15 is 0 Å². The number of aromatic nitrogens is 3. The first kappa shape index (κ1) is 18.1. The highest BCUT2D eigenvalue weighted by molar-refractivity contribution is 5.93. The number of carbonyl (C=O) groups excluding carboxylic acids is 1. The molecule has 1 amide bonds. The Morgan fingerprint density at radius 2 is 1.96 bits per heavy atom. The molecule has 3 rings (SSSR count). The van der Waals surface area contributed by atoms with Crippen molar-refractivity contribution < 1.29 is 14.7 Å². The van der Waals surface area contributed by atoms with Crippen LogP contribution in [0.2, 0.25) is 0 Å². The van der Waals surface area contributed by atoms with Crippen LogP contribution >= 0.6 is 0 Å². The molecule has 0 radical (unpaired) electrons. The van der Waals surface area contributed by atoms with E-state index in [4.69, 9.17) is 5.11 Å². The van der Waals surface area contributed by atoms with Gasteiger partial charge in [0.2, 0.25) is 0 Å². The molecule has 138 valence electrons. The second kappa shape index (κ2) is 7.68. The molecule has 1 N–H and O–H groups in total. The number of rotatable bonds is 5. The zero-order chi connectivity index (χ0) is 18.7. The normalized spacial score (nSPS) is 17.3. The van der Waals surface area contributed by atoms with Crippen LogP contribution in [0.25, 0.3) is 5.69 Å². The van der Waals surface area contributed by atoms with Crippen LogP contribution in [0.3, 0.4) is 0 Å². The van der Waals surface area contributed by atoms with Gasteiger partial charge in [-0.15, -0.1) is 5.10 Å². The summed E-state index contributed by atoms with van der Waals surface area (Å²) in [5, 5.41) is 17.1. The summed E-state index contributed by atoms with van der Waals surface area (Å²) >= 11 is 0. The summed E-state index contributed by atoms with van der Waals surface area (Å²) in [6.45, 7) is 5.13. The number of hydrogen-bond acceptors (Lipinski definition) is 4. The van der Waals surface area contributed by atoms with Crippen molar-refractivity contribution in [1.29, 1.82) is 0 Å². The van der Waals surface area contributed by atoms with E-state index in [0.717, 1.165) is 24.1 Å². The van der Waals surface area contributed by atoms with Gasteiger partial charge in [-0.05, 0) is 51.2 Å². The number of piperidine rings is 1. The van der Waals surface area contributed by atoms with Crippen molar-refractivity contribution >= 4 is 11.9 Å². The van der Waals surface area contributed by atoms with E-state index in [1.807, 2.05) is 38.1 Å². The van der Waals surface area contributed by atoms with Crippen LogP contribution in [0.5, 0.6) is 0 Å². The number of amides is 1. The Labute approximate surface area is 152 Å². The van der Waals surface area contributed by atoms with Gasteiger partial charge in [-0.2, -0.15) is 0 Å². The van der Waals surface area contributed by atoms with E-state index in [1.54, 1.807) is 9.58 Å². The van der Waals surface area contributed by atoms with Crippen molar-refractivity contribution in [3.63, 3.8) is 0 Å². The third kappa shape index (κ3) is 3.92. The lowest BCUT2D eigenvalue weighted by molar-refractivity contribution is -0.137. The van der Waals surface area contributed by atoms with Gasteiger partial charge < -0.3 is 10.0 Å². The molecule has 26 heavy (non-hydrogen) atoms. The molecule has 0 saturated carbocycles. The molecular weight excluding hydrogens is 332 g/mol. The molecule has 1 unspecified atom stereocenters. The molecule has 0 spiro atoms. The third-order valence-electron chi connectivity index (χ3n) is 4.95. The van der Waals surface area contributed by atoms with Gasteiger partial charge in [0.25, 0.3) is 5.91 Å². The van der Waals surface area contributed by atoms with Crippen LogP contribution < -0.4 is 0 Å². The fourth-order valence-corrected chi connectivity index (χ4v) is 3.42. The van der Waals surface area contributed by atoms with Gasteiger partial charge in [0.15, 0.2) is 5.69 Å². The molecule has 2 aromatic rings. The summed E-state index contributed by atoms with van der Waals surface area (Å²) in [6.07, 6.45) is 2.61. The van der Waals surface area contributed by atoms with Crippen molar-refractivity contribution in [2.24, 2.45) is 5.92 Å². The zero-order valence-electron chi connectivity index (χ0n) is 15.2. The molecular formula is C19H24N4O3. The van der Waals surface area contributed by atoms with E-state index < -0.39 is 5.97 Å². The molecule has 1 aromatic heterocycles. The highest BCUT2D eigenvalue weighted by Crippen LogP contribution is 2.23. The molecule has 1 aromatic carbocycles. The molecule has 1 aliphatic rings. The summed E-state index contributed by atoms with van der Waals surface area (Å²) in [5.74, 6) is -0.678. The second-order valence-electron chi connectivity index (χ2n) is 6.96. The number of nitrogens with zero attached hydrogens (tertiary/aromatic N) is 4. The summed E-state index contributed by atoms with van der Waals surface area (Å²) in [6, 6.07) is 7.90. The van der Waals surface area contributed by atoms with Crippen molar-refractivity contribution in [2.45, 2.75) is 39.5 Å². The van der Waals surface area contributed by atoms with E-state index in [2.05, 4.69) is 10.3 Å². The van der Waals surface area contributed by atoms with Crippen molar-refractivity contribution in [3.8, 4) is 5.69 Å². The molecule has 2 heterocycles. The fraction of sp³-hybridized carbons (Fsp3) is 0.474. The second-order valence-corrected chi connectivity index (χ2v) is 6.96. The SMILES string of the molecule is Cc1ccc(-n2nnc(C(=O)N3CCCC(CCC(=O)O)C3)c2C)cc1. The largest absolute Gasteiger partial charge is 0.481 e. The van der Waals surface area contributed by atoms with Crippen molar-refractivity contribution in [2.75, 3.05) is 13.1 Å². The summed E-state index contributed by atoms with van der Waals surface area (Å²) in [4.78, 5) is 25.5. The summed E-state index contributed by atoms with van der Waals surface area (Å²) < 4.78 is 1.68. The molecule has 1 aliphatic heterocycles. The Hall–Kier alpha value is -2.70. The van der Waals surface area contributed by atoms with Crippen molar-refractivity contribution in [1.82, 2.24) is 19.9 Å². The Morgan fingerprint density at radius 1 is 1.23 bits per heavy atom. The minimum Gasteiger partial charge on any atom is -0.481 e. The van der Waals surface area contributed by atoms with Crippen LogP contribution in [0.4, 0.5) is 0 Å². The number of carboxylic acids is 1. The first-order valence-electron chi connectivity index (χ1n) is 8.96. The molecule has 1 atom stereocenters. The fourth-order valence-electron chi connectivity index (χ4n) is 3.42. The maximum Gasteiger partial charge on any atom is 0.303 e. The van der Waals surface area contributed by atoms with Gasteiger partial charge >= 0.3 is 5.97 Å². The first-order valence-corrected chi connectivity index (χ1v) is 8.96. The van der Waals surface area contributed by atoms with Gasteiger partial charge in [0.05, 0.1) is 11.4 Å². The van der Waals surface area contributed by atoms with Gasteiger partial charge in [0, 0.05) is 19.5 Å². The standard InChI is InChI=1S/C19H24N4O3/c1-13-5-8-16(9-6-13)23-14(2)18(20-21-23)19(26)22-11-3-4-15(12-22)7-10-17(24)25/h5-6,8-9,15H,3-4,7,10-12H2,1-2H3,(H,24,25). The van der Waals surface area contributed by atoms with Crippen LogP contribution in [0.15, 0.2) is 24.3 Å². The first-order chi connectivity index (χ1) is 12.5. The van der Waals surface area contributed by atoms with Gasteiger partial charge in [-0.25, -0.2) is 4.68 Å². The maximum absolute atomic E-state index is 12.9. The Kier molecular flexibility index (Phi) is 5.35. The summed E-state index contributed by atoms with van der Waals surface area (Å²) in [7, 11) is 0. The number of likely N-dealkylation sites (tertiary alicyclic amines) is 1. The number of aryl methyl sites for hydroxylation is 1. The third-order valence-corrected chi connectivity index (χ3v) is 4.95. The quantitative estimate of drug-likeness (QED) is 0.889. The van der Waals surface area contributed by atoms with Gasteiger partial charge in [-0.3, -0.25) is 9.59 Å². The van der Waals surface area contributed by atoms with E-state index in [0.29, 0.717) is 30.9 Å². The van der Waals surface area contributed by atoms with E-state index in [-0.39, 0.29) is 18.2 Å².